The second kappa shape index (κ2) is 8.14. The normalized spacial score (nSPS) is 21.5. The van der Waals surface area contributed by atoms with E-state index in [9.17, 15) is 14.4 Å². The van der Waals surface area contributed by atoms with Crippen molar-refractivity contribution in [3.8, 4) is 17.0 Å². The number of hydrogen-bond acceptors (Lipinski definition) is 7. The number of imide groups is 1. The summed E-state index contributed by atoms with van der Waals surface area (Å²) in [5.41, 5.74) is 1.42. The van der Waals surface area contributed by atoms with Gasteiger partial charge < -0.3 is 14.0 Å². The Kier molecular flexibility index (Phi) is 5.39. The van der Waals surface area contributed by atoms with Crippen molar-refractivity contribution in [3.05, 3.63) is 48.2 Å². The number of amides is 2. The molecule has 0 N–H and O–H groups in total. The van der Waals surface area contributed by atoms with E-state index in [1.54, 1.807) is 13.2 Å². The van der Waals surface area contributed by atoms with Crippen LogP contribution in [0.1, 0.15) is 25.5 Å². The van der Waals surface area contributed by atoms with Crippen molar-refractivity contribution >= 4 is 17.8 Å². The molecule has 2 aliphatic rings. The molecule has 1 aromatic heterocycles. The van der Waals surface area contributed by atoms with Crippen LogP contribution in [-0.4, -0.2) is 41.0 Å². The number of hydrogen-bond donors (Lipinski definition) is 0. The van der Waals surface area contributed by atoms with Gasteiger partial charge in [0.25, 0.3) is 0 Å². The SMILES string of the molecule is COc1ccc(-c2cc(COC(=O)C(C)N3C(=O)C4CC=CCC4C3=O)on2)cc1. The average molecular weight is 410 g/mol. The first-order valence-electron chi connectivity index (χ1n) is 9.78. The predicted octanol–water partition coefficient (Wildman–Crippen LogP) is 2.73. The van der Waals surface area contributed by atoms with Gasteiger partial charge in [-0.15, -0.1) is 0 Å². The van der Waals surface area contributed by atoms with Crippen LogP contribution < -0.4 is 4.74 Å². The molecule has 2 amide bonds. The van der Waals surface area contributed by atoms with Crippen LogP contribution in [0.4, 0.5) is 0 Å². The predicted molar refractivity (Wildman–Crippen MR) is 105 cm³/mol. The van der Waals surface area contributed by atoms with Crippen LogP contribution in [0.2, 0.25) is 0 Å². The summed E-state index contributed by atoms with van der Waals surface area (Å²) in [4.78, 5) is 38.7. The first-order chi connectivity index (χ1) is 14.5. The fraction of sp³-hybridized carbons (Fsp3) is 0.364. The molecule has 0 spiro atoms. The lowest BCUT2D eigenvalue weighted by molar-refractivity contribution is -0.159. The number of nitrogens with zero attached hydrogens (tertiary/aromatic N) is 2. The van der Waals surface area contributed by atoms with Crippen LogP contribution in [0.3, 0.4) is 0 Å². The summed E-state index contributed by atoms with van der Waals surface area (Å²) in [6.07, 6.45) is 4.87. The van der Waals surface area contributed by atoms with Crippen molar-refractivity contribution in [1.82, 2.24) is 10.1 Å². The largest absolute Gasteiger partial charge is 0.497 e. The third-order valence-corrected chi connectivity index (χ3v) is 5.57. The summed E-state index contributed by atoms with van der Waals surface area (Å²) in [7, 11) is 1.59. The number of esters is 1. The van der Waals surface area contributed by atoms with E-state index in [1.165, 1.54) is 6.92 Å². The van der Waals surface area contributed by atoms with Crippen LogP contribution in [-0.2, 0) is 25.7 Å². The molecule has 8 nitrogen and oxygen atoms in total. The summed E-state index contributed by atoms with van der Waals surface area (Å²) in [6, 6.07) is 7.98. The maximum Gasteiger partial charge on any atom is 0.329 e. The number of benzene rings is 1. The molecule has 0 saturated carbocycles. The summed E-state index contributed by atoms with van der Waals surface area (Å²) >= 11 is 0. The van der Waals surface area contributed by atoms with Crippen molar-refractivity contribution in [3.63, 3.8) is 0 Å². The molecule has 3 unspecified atom stereocenters. The van der Waals surface area contributed by atoms with Gasteiger partial charge in [0.15, 0.2) is 12.4 Å². The fourth-order valence-electron chi connectivity index (χ4n) is 3.85. The Bertz CT molecular complexity index is 967. The van der Waals surface area contributed by atoms with E-state index in [-0.39, 0.29) is 30.3 Å². The summed E-state index contributed by atoms with van der Waals surface area (Å²) in [5.74, 6) is -0.935. The van der Waals surface area contributed by atoms with E-state index in [4.69, 9.17) is 14.0 Å². The number of carbonyl (C=O) groups excluding carboxylic acids is 3. The molecule has 1 fully saturated rings. The molecule has 3 atom stereocenters. The van der Waals surface area contributed by atoms with Gasteiger partial charge in [0.05, 0.1) is 18.9 Å². The standard InChI is InChI=1S/C22H22N2O6/c1-13(24-20(25)17-5-3-4-6-18(17)21(24)26)22(27)29-12-16-11-19(23-30-16)14-7-9-15(28-2)10-8-14/h3-4,7-11,13,17-18H,5-6,12H2,1-2H3. The molecule has 2 heterocycles. The maximum absolute atomic E-state index is 12.6. The molecule has 0 bridgehead atoms. The lowest BCUT2D eigenvalue weighted by atomic mass is 9.85. The number of fused-ring (bicyclic) bond motifs is 1. The third kappa shape index (κ3) is 3.60. The molecule has 2 aromatic rings. The third-order valence-electron chi connectivity index (χ3n) is 5.57. The summed E-state index contributed by atoms with van der Waals surface area (Å²) < 4.78 is 15.6. The van der Waals surface area contributed by atoms with E-state index in [1.807, 2.05) is 36.4 Å². The minimum absolute atomic E-state index is 0.142. The second-order valence-electron chi connectivity index (χ2n) is 7.39. The highest BCUT2D eigenvalue weighted by Gasteiger charge is 2.50. The number of allylic oxidation sites excluding steroid dienone is 2. The first-order valence-corrected chi connectivity index (χ1v) is 9.78. The zero-order chi connectivity index (χ0) is 21.3. The molecular formula is C22H22N2O6. The minimum atomic E-state index is -0.986. The minimum Gasteiger partial charge on any atom is -0.497 e. The molecule has 4 rings (SSSR count). The second-order valence-corrected chi connectivity index (χ2v) is 7.39. The van der Waals surface area contributed by atoms with Gasteiger partial charge in [-0.3, -0.25) is 14.5 Å². The maximum atomic E-state index is 12.6. The Hall–Kier alpha value is -3.42. The van der Waals surface area contributed by atoms with Gasteiger partial charge in [0, 0.05) is 11.6 Å². The summed E-state index contributed by atoms with van der Waals surface area (Å²) in [5, 5.41) is 3.98. The van der Waals surface area contributed by atoms with Crippen LogP contribution in [0.25, 0.3) is 11.3 Å². The topological polar surface area (TPSA) is 98.9 Å². The molecule has 156 valence electrons. The lowest BCUT2D eigenvalue weighted by Gasteiger charge is -2.21. The quantitative estimate of drug-likeness (QED) is 0.410. The Morgan fingerprint density at radius 2 is 1.80 bits per heavy atom. The van der Waals surface area contributed by atoms with Crippen LogP contribution in [0, 0.1) is 11.8 Å². The molecule has 1 aromatic carbocycles. The Morgan fingerprint density at radius 1 is 1.17 bits per heavy atom. The van der Waals surface area contributed by atoms with Gasteiger partial charge in [-0.2, -0.15) is 0 Å². The van der Waals surface area contributed by atoms with Crippen LogP contribution in [0.5, 0.6) is 5.75 Å². The van der Waals surface area contributed by atoms with E-state index >= 15 is 0 Å². The highest BCUT2D eigenvalue weighted by molar-refractivity contribution is 6.08. The van der Waals surface area contributed by atoms with Gasteiger partial charge in [-0.05, 0) is 44.0 Å². The number of ether oxygens (including phenoxy) is 2. The number of methoxy groups -OCH3 is 1. The number of likely N-dealkylation sites (tertiary alicyclic amines) is 1. The van der Waals surface area contributed by atoms with E-state index < -0.39 is 12.0 Å². The van der Waals surface area contributed by atoms with Gasteiger partial charge >= 0.3 is 5.97 Å². The molecule has 0 radical (unpaired) electrons. The van der Waals surface area contributed by atoms with Crippen molar-refractivity contribution in [2.24, 2.45) is 11.8 Å². The van der Waals surface area contributed by atoms with Gasteiger partial charge in [0.2, 0.25) is 11.8 Å². The molecule has 1 saturated heterocycles. The Balaban J connectivity index is 1.37. The lowest BCUT2D eigenvalue weighted by Crippen LogP contribution is -2.44. The molecule has 1 aliphatic heterocycles. The summed E-state index contributed by atoms with van der Waals surface area (Å²) in [6.45, 7) is 1.36. The Morgan fingerprint density at radius 3 is 2.40 bits per heavy atom. The van der Waals surface area contributed by atoms with Gasteiger partial charge in [-0.25, -0.2) is 4.79 Å². The molecule has 30 heavy (non-hydrogen) atoms. The fourth-order valence-corrected chi connectivity index (χ4v) is 3.85. The highest BCUT2D eigenvalue weighted by Crippen LogP contribution is 2.36. The zero-order valence-corrected chi connectivity index (χ0v) is 16.7. The van der Waals surface area contributed by atoms with E-state index in [0.29, 0.717) is 24.3 Å². The smallest absolute Gasteiger partial charge is 0.329 e. The average Bonchev–Trinajstić information content (AvgIpc) is 3.35. The van der Waals surface area contributed by atoms with E-state index in [0.717, 1.165) is 16.2 Å². The van der Waals surface area contributed by atoms with Gasteiger partial charge in [-0.1, -0.05) is 17.3 Å². The zero-order valence-electron chi connectivity index (χ0n) is 16.7. The molecular weight excluding hydrogens is 388 g/mol. The highest BCUT2D eigenvalue weighted by atomic mass is 16.6. The monoisotopic (exact) mass is 410 g/mol. The number of aromatic nitrogens is 1. The van der Waals surface area contributed by atoms with Crippen molar-refractivity contribution in [1.29, 1.82) is 0 Å². The molecule has 1 aliphatic carbocycles. The molecule has 8 heteroatoms. The van der Waals surface area contributed by atoms with Crippen molar-refractivity contribution in [2.45, 2.75) is 32.4 Å². The first kappa shape index (κ1) is 19.9. The number of rotatable bonds is 6. The Labute approximate surface area is 173 Å². The van der Waals surface area contributed by atoms with Gasteiger partial charge in [0.1, 0.15) is 17.5 Å². The van der Waals surface area contributed by atoms with Crippen molar-refractivity contribution in [2.75, 3.05) is 7.11 Å². The van der Waals surface area contributed by atoms with Crippen LogP contribution in [0.15, 0.2) is 47.0 Å². The number of carbonyl (C=O) groups is 3. The van der Waals surface area contributed by atoms with Crippen molar-refractivity contribution < 1.29 is 28.4 Å². The van der Waals surface area contributed by atoms with E-state index in [2.05, 4.69) is 5.16 Å². The van der Waals surface area contributed by atoms with Crippen LogP contribution >= 0.6 is 0 Å².